The van der Waals surface area contributed by atoms with E-state index in [-0.39, 0.29) is 37.5 Å². The van der Waals surface area contributed by atoms with Gasteiger partial charge in [0, 0.05) is 50.7 Å². The summed E-state index contributed by atoms with van der Waals surface area (Å²) in [6.45, 7) is 0.519. The fraction of sp³-hybridized carbons (Fsp3) is 0.692. The number of nitrogens with zero attached hydrogens (tertiary/aromatic N) is 2. The summed E-state index contributed by atoms with van der Waals surface area (Å²) >= 11 is 0. The zero-order valence-electron chi connectivity index (χ0n) is 11.0. The topological polar surface area (TPSA) is 46.9 Å². The van der Waals surface area contributed by atoms with Gasteiger partial charge in [0.25, 0.3) is 0 Å². The molecule has 0 bridgehead atoms. The van der Waals surface area contributed by atoms with Gasteiger partial charge in [0.2, 0.25) is 11.8 Å². The van der Waals surface area contributed by atoms with Crippen LogP contribution in [0.5, 0.6) is 0 Å². The molecule has 0 atom stereocenters. The molecule has 0 radical (unpaired) electrons. The van der Waals surface area contributed by atoms with Crippen molar-refractivity contribution in [1.29, 1.82) is 0 Å². The van der Waals surface area contributed by atoms with E-state index in [0.29, 0.717) is 13.0 Å². The zero-order valence-corrected chi connectivity index (χ0v) is 11.0. The van der Waals surface area contributed by atoms with Crippen LogP contribution in [0.1, 0.15) is 31.4 Å². The molecule has 1 N–H and O–H groups in total. The summed E-state index contributed by atoms with van der Waals surface area (Å²) < 4.78 is 27.9. The Kier molecular flexibility index (Phi) is 4.17. The SMILES string of the molecule is Cn1cncc1CCNC(=O)C1CCC(F)(F)CC1. The van der Waals surface area contributed by atoms with Crippen molar-refractivity contribution in [2.45, 2.75) is 38.0 Å². The molecule has 0 saturated heterocycles. The largest absolute Gasteiger partial charge is 0.355 e. The number of aryl methyl sites for hydroxylation is 1. The Balaban J connectivity index is 1.72. The number of hydrogen-bond acceptors (Lipinski definition) is 2. The van der Waals surface area contributed by atoms with Crippen LogP contribution in [0, 0.1) is 5.92 Å². The maximum atomic E-state index is 13.0. The number of imidazole rings is 1. The highest BCUT2D eigenvalue weighted by molar-refractivity contribution is 5.78. The summed E-state index contributed by atoms with van der Waals surface area (Å²) in [5.74, 6) is -2.94. The molecule has 1 heterocycles. The van der Waals surface area contributed by atoms with Crippen molar-refractivity contribution in [3.63, 3.8) is 0 Å². The van der Waals surface area contributed by atoms with Crippen molar-refractivity contribution in [2.24, 2.45) is 13.0 Å². The van der Waals surface area contributed by atoms with Crippen LogP contribution < -0.4 is 5.32 Å². The van der Waals surface area contributed by atoms with Crippen molar-refractivity contribution < 1.29 is 13.6 Å². The number of rotatable bonds is 4. The lowest BCUT2D eigenvalue weighted by molar-refractivity contribution is -0.129. The van der Waals surface area contributed by atoms with Gasteiger partial charge in [-0.05, 0) is 12.8 Å². The van der Waals surface area contributed by atoms with E-state index in [1.54, 1.807) is 12.5 Å². The summed E-state index contributed by atoms with van der Waals surface area (Å²) in [5.41, 5.74) is 1.04. The second-order valence-corrected chi connectivity index (χ2v) is 5.17. The average molecular weight is 271 g/mol. The molecular formula is C13H19F2N3O. The molecule has 1 aromatic rings. The Morgan fingerprint density at radius 1 is 1.53 bits per heavy atom. The molecule has 106 valence electrons. The average Bonchev–Trinajstić information content (AvgIpc) is 2.75. The van der Waals surface area contributed by atoms with Gasteiger partial charge in [-0.15, -0.1) is 0 Å². The predicted molar refractivity (Wildman–Crippen MR) is 66.8 cm³/mol. The Labute approximate surface area is 111 Å². The lowest BCUT2D eigenvalue weighted by atomic mass is 9.86. The van der Waals surface area contributed by atoms with E-state index in [0.717, 1.165) is 5.69 Å². The summed E-state index contributed by atoms with van der Waals surface area (Å²) in [6, 6.07) is 0. The predicted octanol–water partition coefficient (Wildman–Crippen LogP) is 1.90. The molecule has 0 unspecified atom stereocenters. The fourth-order valence-corrected chi connectivity index (χ4v) is 2.39. The van der Waals surface area contributed by atoms with Crippen LogP contribution in [-0.2, 0) is 18.3 Å². The van der Waals surface area contributed by atoms with Crippen molar-refractivity contribution in [2.75, 3.05) is 6.54 Å². The molecule has 0 spiro atoms. The van der Waals surface area contributed by atoms with E-state index in [1.165, 1.54) is 0 Å². The molecule has 1 amide bonds. The Morgan fingerprint density at radius 2 is 2.21 bits per heavy atom. The second-order valence-electron chi connectivity index (χ2n) is 5.17. The zero-order chi connectivity index (χ0) is 13.9. The first-order chi connectivity index (χ1) is 8.98. The van der Waals surface area contributed by atoms with E-state index in [9.17, 15) is 13.6 Å². The third-order valence-corrected chi connectivity index (χ3v) is 3.68. The smallest absolute Gasteiger partial charge is 0.248 e. The first-order valence-corrected chi connectivity index (χ1v) is 6.59. The van der Waals surface area contributed by atoms with Gasteiger partial charge >= 0.3 is 0 Å². The first-order valence-electron chi connectivity index (χ1n) is 6.59. The molecule has 1 aliphatic carbocycles. The van der Waals surface area contributed by atoms with Crippen LogP contribution in [-0.4, -0.2) is 27.9 Å². The molecule has 0 aliphatic heterocycles. The van der Waals surface area contributed by atoms with Gasteiger partial charge in [-0.1, -0.05) is 0 Å². The fourth-order valence-electron chi connectivity index (χ4n) is 2.39. The minimum atomic E-state index is -2.58. The van der Waals surface area contributed by atoms with Gasteiger partial charge in [-0.2, -0.15) is 0 Å². The van der Waals surface area contributed by atoms with Crippen LogP contribution in [0.4, 0.5) is 8.78 Å². The van der Waals surface area contributed by atoms with Crippen molar-refractivity contribution in [3.05, 3.63) is 18.2 Å². The van der Waals surface area contributed by atoms with Crippen LogP contribution in [0.15, 0.2) is 12.5 Å². The number of alkyl halides is 2. The molecule has 4 nitrogen and oxygen atoms in total. The third kappa shape index (κ3) is 3.75. The summed E-state index contributed by atoms with van der Waals surface area (Å²) in [7, 11) is 1.90. The van der Waals surface area contributed by atoms with Gasteiger partial charge < -0.3 is 9.88 Å². The molecule has 19 heavy (non-hydrogen) atoms. The van der Waals surface area contributed by atoms with Crippen LogP contribution in [0.25, 0.3) is 0 Å². The number of carbonyl (C=O) groups excluding carboxylic acids is 1. The quantitative estimate of drug-likeness (QED) is 0.909. The normalized spacial score (nSPS) is 19.3. The molecular weight excluding hydrogens is 252 g/mol. The molecule has 1 saturated carbocycles. The highest BCUT2D eigenvalue weighted by Gasteiger charge is 2.37. The summed E-state index contributed by atoms with van der Waals surface area (Å²) in [4.78, 5) is 15.8. The number of amides is 1. The van der Waals surface area contributed by atoms with Gasteiger partial charge in [-0.25, -0.2) is 13.8 Å². The Bertz CT molecular complexity index is 435. The highest BCUT2D eigenvalue weighted by atomic mass is 19.3. The van der Waals surface area contributed by atoms with Gasteiger partial charge in [0.1, 0.15) is 0 Å². The number of carbonyl (C=O) groups is 1. The van der Waals surface area contributed by atoms with E-state index in [1.807, 2.05) is 11.6 Å². The number of halogens is 2. The Morgan fingerprint density at radius 3 is 2.79 bits per heavy atom. The van der Waals surface area contributed by atoms with E-state index in [4.69, 9.17) is 0 Å². The second kappa shape index (κ2) is 5.67. The number of hydrogen-bond donors (Lipinski definition) is 1. The summed E-state index contributed by atoms with van der Waals surface area (Å²) in [6.07, 6.45) is 4.38. The minimum absolute atomic E-state index is 0.0994. The monoisotopic (exact) mass is 271 g/mol. The van der Waals surface area contributed by atoms with E-state index in [2.05, 4.69) is 10.3 Å². The maximum absolute atomic E-state index is 13.0. The van der Waals surface area contributed by atoms with Crippen LogP contribution in [0.2, 0.25) is 0 Å². The first kappa shape index (κ1) is 14.0. The third-order valence-electron chi connectivity index (χ3n) is 3.68. The van der Waals surface area contributed by atoms with Gasteiger partial charge in [-0.3, -0.25) is 4.79 Å². The number of nitrogens with one attached hydrogen (secondary N) is 1. The molecule has 1 aromatic heterocycles. The van der Waals surface area contributed by atoms with Gasteiger partial charge in [0.15, 0.2) is 0 Å². The van der Waals surface area contributed by atoms with E-state index < -0.39 is 5.92 Å². The highest BCUT2D eigenvalue weighted by Crippen LogP contribution is 2.36. The Hall–Kier alpha value is -1.46. The molecule has 2 rings (SSSR count). The summed E-state index contributed by atoms with van der Waals surface area (Å²) in [5, 5.41) is 2.82. The van der Waals surface area contributed by atoms with E-state index >= 15 is 0 Å². The van der Waals surface area contributed by atoms with Crippen molar-refractivity contribution >= 4 is 5.91 Å². The molecule has 6 heteroatoms. The van der Waals surface area contributed by atoms with Crippen LogP contribution in [0.3, 0.4) is 0 Å². The van der Waals surface area contributed by atoms with Crippen molar-refractivity contribution in [1.82, 2.24) is 14.9 Å². The molecule has 0 aromatic carbocycles. The lowest BCUT2D eigenvalue weighted by Crippen LogP contribution is -2.36. The minimum Gasteiger partial charge on any atom is -0.355 e. The molecule has 1 aliphatic rings. The standard InChI is InChI=1S/C13H19F2N3O/c1-18-9-16-8-11(18)4-7-17-12(19)10-2-5-13(14,15)6-3-10/h8-10H,2-7H2,1H3,(H,17,19). The number of aromatic nitrogens is 2. The molecule has 1 fully saturated rings. The van der Waals surface area contributed by atoms with Crippen LogP contribution >= 0.6 is 0 Å². The maximum Gasteiger partial charge on any atom is 0.248 e. The van der Waals surface area contributed by atoms with Gasteiger partial charge in [0.05, 0.1) is 6.33 Å². The van der Waals surface area contributed by atoms with Crippen molar-refractivity contribution in [3.8, 4) is 0 Å². The lowest BCUT2D eigenvalue weighted by Gasteiger charge is -2.27.